The van der Waals surface area contributed by atoms with Gasteiger partial charge in [-0.2, -0.15) is 5.26 Å². The van der Waals surface area contributed by atoms with Crippen molar-refractivity contribution in [2.75, 3.05) is 0 Å². The van der Waals surface area contributed by atoms with Crippen molar-refractivity contribution in [2.24, 2.45) is 11.3 Å². The van der Waals surface area contributed by atoms with Crippen LogP contribution in [0.4, 0.5) is 0 Å². The van der Waals surface area contributed by atoms with Gasteiger partial charge in [0.25, 0.3) is 0 Å². The molecular formula is C10H17N. The fourth-order valence-corrected chi connectivity index (χ4v) is 1.20. The smallest absolute Gasteiger partial charge is 0.0690 e. The molecule has 1 heteroatoms. The van der Waals surface area contributed by atoms with Crippen molar-refractivity contribution in [3.63, 3.8) is 0 Å². The molecule has 0 aromatic heterocycles. The second kappa shape index (κ2) is 4.18. The first-order chi connectivity index (χ1) is 5.08. The highest BCUT2D eigenvalue weighted by molar-refractivity contribution is 5.03. The van der Waals surface area contributed by atoms with Crippen LogP contribution in [0.2, 0.25) is 0 Å². The summed E-state index contributed by atoms with van der Waals surface area (Å²) in [5.41, 5.74) is -0.221. The molecule has 62 valence electrons. The molecule has 0 aliphatic rings. The highest BCUT2D eigenvalue weighted by Crippen LogP contribution is 2.29. The predicted octanol–water partition coefficient (Wildman–Crippen LogP) is 3.14. The molecule has 1 nitrogen and oxygen atoms in total. The number of hydrogen-bond acceptors (Lipinski definition) is 1. The van der Waals surface area contributed by atoms with Crippen LogP contribution in [0.25, 0.3) is 0 Å². The van der Waals surface area contributed by atoms with Gasteiger partial charge in [-0.3, -0.25) is 0 Å². The van der Waals surface area contributed by atoms with Crippen LogP contribution in [0.1, 0.15) is 34.1 Å². The SMILES string of the molecule is C/C=C\C(CC)C(C)(C)C#N. The quantitative estimate of drug-likeness (QED) is 0.568. The molecule has 1 unspecified atom stereocenters. The maximum Gasteiger partial charge on any atom is 0.0690 e. The van der Waals surface area contributed by atoms with Crippen LogP contribution in [0.3, 0.4) is 0 Å². The Kier molecular flexibility index (Phi) is 3.89. The monoisotopic (exact) mass is 151 g/mol. The van der Waals surface area contributed by atoms with Gasteiger partial charge in [0.15, 0.2) is 0 Å². The number of nitriles is 1. The molecule has 0 aliphatic carbocycles. The van der Waals surface area contributed by atoms with Gasteiger partial charge in [0, 0.05) is 0 Å². The first-order valence-electron chi connectivity index (χ1n) is 4.12. The molecule has 0 N–H and O–H groups in total. The second-order valence-corrected chi connectivity index (χ2v) is 3.37. The van der Waals surface area contributed by atoms with Crippen LogP contribution in [0, 0.1) is 22.7 Å². The standard InChI is InChI=1S/C10H17N/c1-5-7-9(6-2)10(3,4)8-11/h5,7,9H,6H2,1-4H3/b7-5-. The second-order valence-electron chi connectivity index (χ2n) is 3.37. The van der Waals surface area contributed by atoms with Gasteiger partial charge in [0.05, 0.1) is 11.5 Å². The van der Waals surface area contributed by atoms with Crippen molar-refractivity contribution < 1.29 is 0 Å². The predicted molar refractivity (Wildman–Crippen MR) is 48.0 cm³/mol. The van der Waals surface area contributed by atoms with E-state index in [1.54, 1.807) is 0 Å². The molecule has 0 spiro atoms. The fourth-order valence-electron chi connectivity index (χ4n) is 1.20. The van der Waals surface area contributed by atoms with E-state index < -0.39 is 0 Å². The van der Waals surface area contributed by atoms with Crippen LogP contribution < -0.4 is 0 Å². The van der Waals surface area contributed by atoms with Crippen LogP contribution in [0.5, 0.6) is 0 Å². The van der Waals surface area contributed by atoms with Gasteiger partial charge in [-0.1, -0.05) is 19.1 Å². The molecule has 0 saturated carbocycles. The minimum atomic E-state index is -0.221. The van der Waals surface area contributed by atoms with Gasteiger partial charge >= 0.3 is 0 Å². The zero-order chi connectivity index (χ0) is 8.91. The van der Waals surface area contributed by atoms with Crippen molar-refractivity contribution in [1.82, 2.24) is 0 Å². The molecule has 0 aliphatic heterocycles. The number of rotatable bonds is 3. The lowest BCUT2D eigenvalue weighted by molar-refractivity contribution is 0.346. The molecule has 11 heavy (non-hydrogen) atoms. The number of nitrogens with zero attached hydrogens (tertiary/aromatic N) is 1. The molecule has 0 rings (SSSR count). The van der Waals surface area contributed by atoms with E-state index in [4.69, 9.17) is 5.26 Å². The van der Waals surface area contributed by atoms with E-state index in [1.807, 2.05) is 26.8 Å². The first kappa shape index (κ1) is 10.2. The third kappa shape index (κ3) is 2.76. The lowest BCUT2D eigenvalue weighted by Gasteiger charge is -2.23. The van der Waals surface area contributed by atoms with Gasteiger partial charge in [-0.05, 0) is 33.1 Å². The Morgan fingerprint density at radius 2 is 2.09 bits per heavy atom. The zero-order valence-electron chi connectivity index (χ0n) is 7.89. The maximum atomic E-state index is 8.84. The molecular weight excluding hydrogens is 134 g/mol. The Labute approximate surface area is 69.7 Å². The van der Waals surface area contributed by atoms with Gasteiger partial charge < -0.3 is 0 Å². The van der Waals surface area contributed by atoms with Gasteiger partial charge in [0.2, 0.25) is 0 Å². The molecule has 0 radical (unpaired) electrons. The average molecular weight is 151 g/mol. The first-order valence-corrected chi connectivity index (χ1v) is 4.12. The summed E-state index contributed by atoms with van der Waals surface area (Å²) in [6.45, 7) is 8.09. The fraction of sp³-hybridized carbons (Fsp3) is 0.700. The average Bonchev–Trinajstić information content (AvgIpc) is 2.00. The largest absolute Gasteiger partial charge is 0.198 e. The Morgan fingerprint density at radius 1 is 1.55 bits per heavy atom. The van der Waals surface area contributed by atoms with Crippen LogP contribution in [-0.4, -0.2) is 0 Å². The van der Waals surface area contributed by atoms with Crippen LogP contribution >= 0.6 is 0 Å². The Morgan fingerprint density at radius 3 is 2.36 bits per heavy atom. The molecule has 0 saturated heterocycles. The lowest BCUT2D eigenvalue weighted by Crippen LogP contribution is -2.19. The molecule has 0 aromatic carbocycles. The maximum absolute atomic E-state index is 8.84. The van der Waals surface area contributed by atoms with Crippen LogP contribution in [0.15, 0.2) is 12.2 Å². The van der Waals surface area contributed by atoms with Crippen LogP contribution in [-0.2, 0) is 0 Å². The molecule has 0 amide bonds. The molecule has 1 atom stereocenters. The van der Waals surface area contributed by atoms with E-state index >= 15 is 0 Å². The number of hydrogen-bond donors (Lipinski definition) is 0. The summed E-state index contributed by atoms with van der Waals surface area (Å²) in [6.07, 6.45) is 5.17. The van der Waals surface area contributed by atoms with E-state index in [0.717, 1.165) is 6.42 Å². The summed E-state index contributed by atoms with van der Waals surface area (Å²) in [5, 5.41) is 8.84. The summed E-state index contributed by atoms with van der Waals surface area (Å²) in [5.74, 6) is 0.387. The van der Waals surface area contributed by atoms with Crippen molar-refractivity contribution >= 4 is 0 Å². The summed E-state index contributed by atoms with van der Waals surface area (Å²) in [7, 11) is 0. The third-order valence-electron chi connectivity index (χ3n) is 2.08. The van der Waals surface area contributed by atoms with E-state index in [0.29, 0.717) is 5.92 Å². The third-order valence-corrected chi connectivity index (χ3v) is 2.08. The summed E-state index contributed by atoms with van der Waals surface area (Å²) in [6, 6.07) is 2.33. The van der Waals surface area contributed by atoms with E-state index in [-0.39, 0.29) is 5.41 Å². The molecule has 0 fully saturated rings. The highest BCUT2D eigenvalue weighted by atomic mass is 14.4. The van der Waals surface area contributed by atoms with Gasteiger partial charge in [-0.15, -0.1) is 0 Å². The molecule has 0 heterocycles. The Hall–Kier alpha value is -0.770. The van der Waals surface area contributed by atoms with Crippen molar-refractivity contribution in [3.05, 3.63) is 12.2 Å². The van der Waals surface area contributed by atoms with E-state index in [9.17, 15) is 0 Å². The van der Waals surface area contributed by atoms with Crippen molar-refractivity contribution in [1.29, 1.82) is 5.26 Å². The summed E-state index contributed by atoms with van der Waals surface area (Å²) < 4.78 is 0. The zero-order valence-corrected chi connectivity index (χ0v) is 7.89. The highest BCUT2D eigenvalue weighted by Gasteiger charge is 2.25. The van der Waals surface area contributed by atoms with Gasteiger partial charge in [-0.25, -0.2) is 0 Å². The normalized spacial score (nSPS) is 14.8. The molecule has 0 aromatic rings. The minimum Gasteiger partial charge on any atom is -0.198 e. The minimum absolute atomic E-state index is 0.221. The molecule has 0 bridgehead atoms. The topological polar surface area (TPSA) is 23.8 Å². The van der Waals surface area contributed by atoms with Crippen molar-refractivity contribution in [2.45, 2.75) is 34.1 Å². The summed E-state index contributed by atoms with van der Waals surface area (Å²) >= 11 is 0. The van der Waals surface area contributed by atoms with Gasteiger partial charge in [0.1, 0.15) is 0 Å². The van der Waals surface area contributed by atoms with Crippen molar-refractivity contribution in [3.8, 4) is 6.07 Å². The summed E-state index contributed by atoms with van der Waals surface area (Å²) in [4.78, 5) is 0. The van der Waals surface area contributed by atoms with E-state index in [2.05, 4.69) is 19.1 Å². The number of allylic oxidation sites excluding steroid dienone is 2. The lowest BCUT2D eigenvalue weighted by atomic mass is 9.78. The Balaban J connectivity index is 4.39. The van der Waals surface area contributed by atoms with E-state index in [1.165, 1.54) is 0 Å². The Bertz CT molecular complexity index is 172.